The van der Waals surface area contributed by atoms with Crippen LogP contribution in [-0.4, -0.2) is 72.7 Å². The number of ether oxygens (including phenoxy) is 2. The summed E-state index contributed by atoms with van der Waals surface area (Å²) in [5, 5.41) is 0. The topological polar surface area (TPSA) is 59.1 Å². The summed E-state index contributed by atoms with van der Waals surface area (Å²) in [7, 11) is 0. The fourth-order valence-corrected chi connectivity index (χ4v) is 3.33. The van der Waals surface area contributed by atoms with Crippen molar-refractivity contribution in [3.63, 3.8) is 0 Å². The van der Waals surface area contributed by atoms with Gasteiger partial charge in [-0.3, -0.25) is 9.59 Å². The first-order valence-electron chi connectivity index (χ1n) is 8.47. The van der Waals surface area contributed by atoms with Crippen molar-refractivity contribution in [2.24, 2.45) is 0 Å². The van der Waals surface area contributed by atoms with Crippen molar-refractivity contribution in [2.45, 2.75) is 25.5 Å². The Balaban J connectivity index is 1.81. The lowest BCUT2D eigenvalue weighted by atomic mass is 10.00. The monoisotopic (exact) mass is 350 g/mol. The van der Waals surface area contributed by atoms with E-state index in [1.165, 1.54) is 12.1 Å². The molecule has 0 N–H and O–H groups in total. The Labute approximate surface area is 146 Å². The normalized spacial score (nSPS) is 24.7. The Bertz CT molecular complexity index is 666. The number of rotatable bonds is 2. The minimum atomic E-state index is -0.782. The van der Waals surface area contributed by atoms with Crippen LogP contribution in [0.4, 0.5) is 4.39 Å². The van der Waals surface area contributed by atoms with Crippen molar-refractivity contribution in [3.05, 3.63) is 35.6 Å². The van der Waals surface area contributed by atoms with Gasteiger partial charge in [-0.1, -0.05) is 12.1 Å². The maximum Gasteiger partial charge on any atom is 0.257 e. The smallest absolute Gasteiger partial charge is 0.257 e. The number of morpholine rings is 1. The number of benzene rings is 1. The minimum absolute atomic E-state index is 0.00451. The van der Waals surface area contributed by atoms with Gasteiger partial charge in [0.15, 0.2) is 0 Å². The number of nitrogens with zero attached hydrogens (tertiary/aromatic N) is 2. The highest BCUT2D eigenvalue weighted by molar-refractivity contribution is 5.94. The van der Waals surface area contributed by atoms with Crippen LogP contribution < -0.4 is 0 Å². The van der Waals surface area contributed by atoms with Gasteiger partial charge in [-0.15, -0.1) is 0 Å². The summed E-state index contributed by atoms with van der Waals surface area (Å²) < 4.78 is 25.4. The minimum Gasteiger partial charge on any atom is -0.368 e. The Morgan fingerprint density at radius 1 is 1.28 bits per heavy atom. The molecule has 2 heterocycles. The van der Waals surface area contributed by atoms with Crippen LogP contribution in [0.15, 0.2) is 24.3 Å². The van der Waals surface area contributed by atoms with E-state index in [0.29, 0.717) is 19.7 Å². The molecule has 136 valence electrons. The van der Waals surface area contributed by atoms with Crippen LogP contribution in [0.1, 0.15) is 24.2 Å². The lowest BCUT2D eigenvalue weighted by Gasteiger charge is -2.44. The summed E-state index contributed by atoms with van der Waals surface area (Å²) in [5.41, 5.74) is -0.735. The summed E-state index contributed by atoms with van der Waals surface area (Å²) in [6.45, 7) is 5.41. The largest absolute Gasteiger partial charge is 0.368 e. The van der Waals surface area contributed by atoms with Gasteiger partial charge in [0.2, 0.25) is 5.91 Å². The van der Waals surface area contributed by atoms with E-state index in [1.54, 1.807) is 21.9 Å². The fraction of sp³-hybridized carbons (Fsp3) is 0.556. The number of amides is 2. The second kappa shape index (κ2) is 7.09. The van der Waals surface area contributed by atoms with Crippen molar-refractivity contribution < 1.29 is 23.5 Å². The molecule has 7 heteroatoms. The lowest BCUT2D eigenvalue weighted by molar-refractivity contribution is -0.140. The van der Waals surface area contributed by atoms with Gasteiger partial charge in [0, 0.05) is 12.6 Å². The Morgan fingerprint density at radius 3 is 2.76 bits per heavy atom. The van der Waals surface area contributed by atoms with Gasteiger partial charge >= 0.3 is 0 Å². The SMILES string of the molecule is CC(C)N1CC2(COCC1=O)CN(C(=O)c1ccccc1F)CCO2. The molecule has 1 aromatic rings. The predicted molar refractivity (Wildman–Crippen MR) is 88.7 cm³/mol. The summed E-state index contributed by atoms with van der Waals surface area (Å²) in [6.07, 6.45) is 0. The Kier molecular flexibility index (Phi) is 5.06. The van der Waals surface area contributed by atoms with Crippen molar-refractivity contribution in [3.8, 4) is 0 Å². The molecule has 2 saturated heterocycles. The maximum absolute atomic E-state index is 14.0. The quantitative estimate of drug-likeness (QED) is 0.807. The Hall–Kier alpha value is -1.99. The molecule has 2 aliphatic heterocycles. The zero-order valence-electron chi connectivity index (χ0n) is 14.5. The second-order valence-electron chi connectivity index (χ2n) is 6.85. The molecule has 6 nitrogen and oxygen atoms in total. The van der Waals surface area contributed by atoms with E-state index < -0.39 is 11.4 Å². The molecule has 25 heavy (non-hydrogen) atoms. The standard InChI is InChI=1S/C18H23FN2O4/c1-13(2)21-11-18(12-24-9-16(21)22)10-20(7-8-25-18)17(23)14-5-3-4-6-15(14)19/h3-6,13H,7-12H2,1-2H3. The summed E-state index contributed by atoms with van der Waals surface area (Å²) >= 11 is 0. The summed E-state index contributed by atoms with van der Waals surface area (Å²) in [6, 6.07) is 5.95. The van der Waals surface area contributed by atoms with E-state index in [4.69, 9.17) is 9.47 Å². The van der Waals surface area contributed by atoms with Crippen LogP contribution in [0.5, 0.6) is 0 Å². The van der Waals surface area contributed by atoms with E-state index in [-0.39, 0.29) is 43.2 Å². The number of hydrogen-bond acceptors (Lipinski definition) is 4. The van der Waals surface area contributed by atoms with E-state index in [1.807, 2.05) is 13.8 Å². The molecular weight excluding hydrogens is 327 g/mol. The van der Waals surface area contributed by atoms with Gasteiger partial charge in [0.05, 0.1) is 31.9 Å². The van der Waals surface area contributed by atoms with Crippen molar-refractivity contribution in [2.75, 3.05) is 39.5 Å². The first kappa shape index (κ1) is 17.8. The predicted octanol–water partition coefficient (Wildman–Crippen LogP) is 1.30. The van der Waals surface area contributed by atoms with E-state index in [9.17, 15) is 14.0 Å². The molecule has 0 bridgehead atoms. The molecule has 0 aromatic heterocycles. The molecule has 3 rings (SSSR count). The molecule has 1 aromatic carbocycles. The van der Waals surface area contributed by atoms with Gasteiger partial charge < -0.3 is 19.3 Å². The number of hydrogen-bond donors (Lipinski definition) is 0. The maximum atomic E-state index is 14.0. The van der Waals surface area contributed by atoms with Gasteiger partial charge in [-0.05, 0) is 26.0 Å². The molecule has 2 amide bonds. The van der Waals surface area contributed by atoms with E-state index in [2.05, 4.69) is 0 Å². The first-order chi connectivity index (χ1) is 11.9. The number of carbonyl (C=O) groups is 2. The molecule has 1 unspecified atom stereocenters. The first-order valence-corrected chi connectivity index (χ1v) is 8.47. The van der Waals surface area contributed by atoms with Crippen molar-refractivity contribution >= 4 is 11.8 Å². The third kappa shape index (κ3) is 3.67. The van der Waals surface area contributed by atoms with Crippen LogP contribution in [0.3, 0.4) is 0 Å². The molecule has 1 spiro atoms. The zero-order chi connectivity index (χ0) is 18.0. The van der Waals surface area contributed by atoms with Gasteiger partial charge in [0.1, 0.15) is 18.0 Å². The molecular formula is C18H23FN2O4. The Morgan fingerprint density at radius 2 is 2.04 bits per heavy atom. The van der Waals surface area contributed by atoms with Crippen LogP contribution in [-0.2, 0) is 14.3 Å². The highest BCUT2D eigenvalue weighted by Gasteiger charge is 2.44. The molecule has 2 aliphatic rings. The molecule has 0 aliphatic carbocycles. The molecule has 0 radical (unpaired) electrons. The highest BCUT2D eigenvalue weighted by atomic mass is 19.1. The van der Waals surface area contributed by atoms with E-state index in [0.717, 1.165) is 0 Å². The average Bonchev–Trinajstić information content (AvgIpc) is 2.74. The third-order valence-corrected chi connectivity index (χ3v) is 4.63. The summed E-state index contributed by atoms with van der Waals surface area (Å²) in [4.78, 5) is 28.2. The van der Waals surface area contributed by atoms with Gasteiger partial charge in [-0.2, -0.15) is 0 Å². The van der Waals surface area contributed by atoms with Crippen molar-refractivity contribution in [1.82, 2.24) is 9.80 Å². The zero-order valence-corrected chi connectivity index (χ0v) is 14.5. The number of halogens is 1. The number of carbonyl (C=O) groups excluding carboxylic acids is 2. The highest BCUT2D eigenvalue weighted by Crippen LogP contribution is 2.25. The van der Waals surface area contributed by atoms with Gasteiger partial charge in [-0.25, -0.2) is 4.39 Å². The van der Waals surface area contributed by atoms with E-state index >= 15 is 0 Å². The van der Waals surface area contributed by atoms with Crippen LogP contribution in [0, 0.1) is 5.82 Å². The third-order valence-electron chi connectivity index (χ3n) is 4.63. The second-order valence-corrected chi connectivity index (χ2v) is 6.85. The fourth-order valence-electron chi connectivity index (χ4n) is 3.33. The lowest BCUT2D eigenvalue weighted by Crippen LogP contribution is -2.60. The van der Waals surface area contributed by atoms with Crippen molar-refractivity contribution in [1.29, 1.82) is 0 Å². The molecule has 0 saturated carbocycles. The van der Waals surface area contributed by atoms with Crippen LogP contribution >= 0.6 is 0 Å². The molecule has 1 atom stereocenters. The summed E-state index contributed by atoms with van der Waals surface area (Å²) in [5.74, 6) is -0.996. The molecule has 2 fully saturated rings. The van der Waals surface area contributed by atoms with Crippen LogP contribution in [0.2, 0.25) is 0 Å². The van der Waals surface area contributed by atoms with Crippen LogP contribution in [0.25, 0.3) is 0 Å². The van der Waals surface area contributed by atoms with Gasteiger partial charge in [0.25, 0.3) is 5.91 Å². The average molecular weight is 350 g/mol.